The van der Waals surface area contributed by atoms with E-state index in [-0.39, 0.29) is 17.3 Å². The Labute approximate surface area is 170 Å². The van der Waals surface area contributed by atoms with E-state index in [2.05, 4.69) is 26.9 Å². The van der Waals surface area contributed by atoms with Gasteiger partial charge in [-0.25, -0.2) is 0 Å². The Morgan fingerprint density at radius 2 is 1.96 bits per heavy atom. The number of hydrogen-bond acceptors (Lipinski definition) is 4. The molecule has 1 amide bonds. The van der Waals surface area contributed by atoms with Crippen LogP contribution in [0.2, 0.25) is 0 Å². The Kier molecular flexibility index (Phi) is 4.94. The van der Waals surface area contributed by atoms with Gasteiger partial charge in [0.25, 0.3) is 5.91 Å². The zero-order valence-corrected chi connectivity index (χ0v) is 17.3. The number of amides is 1. The fraction of sp³-hybridized carbons (Fsp3) is 0.263. The van der Waals surface area contributed by atoms with Crippen LogP contribution in [0.15, 0.2) is 53.0 Å². The number of halogens is 1. The minimum atomic E-state index is -0.226. The molecule has 0 N–H and O–H groups in total. The summed E-state index contributed by atoms with van der Waals surface area (Å²) in [6.45, 7) is 2.58. The minimum Gasteiger partial charge on any atom is -0.493 e. The van der Waals surface area contributed by atoms with Crippen LogP contribution in [0.25, 0.3) is 0 Å². The van der Waals surface area contributed by atoms with E-state index in [0.29, 0.717) is 11.7 Å². The third-order valence-electron chi connectivity index (χ3n) is 4.49. The van der Waals surface area contributed by atoms with Crippen LogP contribution in [0.1, 0.15) is 17.9 Å². The Hall–Kier alpha value is -1.57. The maximum absolute atomic E-state index is 13.0. The van der Waals surface area contributed by atoms with Gasteiger partial charge in [0.15, 0.2) is 5.11 Å². The topological polar surface area (TPSA) is 32.8 Å². The van der Waals surface area contributed by atoms with Crippen LogP contribution in [-0.2, 0) is 4.79 Å². The van der Waals surface area contributed by atoms with Crippen LogP contribution in [0.3, 0.4) is 0 Å². The van der Waals surface area contributed by atoms with Gasteiger partial charge in [-0.3, -0.25) is 9.69 Å². The third-order valence-corrected chi connectivity index (χ3v) is 6.71. The highest BCUT2D eigenvalue weighted by molar-refractivity contribution is 9.10. The summed E-state index contributed by atoms with van der Waals surface area (Å²) in [5, 5.41) is 0.545. The summed E-state index contributed by atoms with van der Waals surface area (Å²) in [6.07, 6.45) is 0. The summed E-state index contributed by atoms with van der Waals surface area (Å²) in [5.74, 6) is 1.61. The molecule has 4 rings (SSSR count). The van der Waals surface area contributed by atoms with Crippen LogP contribution in [0, 0.1) is 0 Å². The molecule has 2 aromatic rings. The number of fused-ring (bicyclic) bond motifs is 1. The molecule has 0 saturated carbocycles. The Morgan fingerprint density at radius 3 is 2.69 bits per heavy atom. The number of carbonyl (C=O) groups is 1. The van der Waals surface area contributed by atoms with E-state index in [1.807, 2.05) is 49.4 Å². The lowest BCUT2D eigenvalue weighted by molar-refractivity contribution is -0.119. The molecule has 2 atom stereocenters. The van der Waals surface area contributed by atoms with Crippen molar-refractivity contribution in [1.29, 1.82) is 0 Å². The van der Waals surface area contributed by atoms with Crippen molar-refractivity contribution < 1.29 is 9.53 Å². The molecule has 4 nitrogen and oxygen atoms in total. The average Bonchev–Trinajstić information content (AvgIpc) is 3.18. The summed E-state index contributed by atoms with van der Waals surface area (Å²) in [4.78, 5) is 16.7. The van der Waals surface area contributed by atoms with Gasteiger partial charge in [0, 0.05) is 15.8 Å². The molecule has 2 fully saturated rings. The van der Waals surface area contributed by atoms with E-state index >= 15 is 0 Å². The van der Waals surface area contributed by atoms with Crippen LogP contribution < -0.4 is 9.64 Å². The molecule has 0 unspecified atom stereocenters. The SMILES string of the molecule is CCOc1ccccc1[C@@H]1SC[C@@H]2C(=O)N(c3ccc(Br)cc3)C(=S)N21. The molecule has 0 bridgehead atoms. The van der Waals surface area contributed by atoms with Gasteiger partial charge in [0.2, 0.25) is 0 Å². The Balaban J connectivity index is 1.68. The summed E-state index contributed by atoms with van der Waals surface area (Å²) < 4.78 is 6.77. The molecule has 2 aliphatic heterocycles. The first-order chi connectivity index (χ1) is 12.6. The summed E-state index contributed by atoms with van der Waals surface area (Å²) in [5.41, 5.74) is 1.87. The van der Waals surface area contributed by atoms with E-state index in [1.165, 1.54) is 0 Å². The van der Waals surface area contributed by atoms with Gasteiger partial charge in [0.1, 0.15) is 17.2 Å². The molecule has 0 aromatic heterocycles. The minimum absolute atomic E-state index is 0.0142. The maximum Gasteiger partial charge on any atom is 0.257 e. The lowest BCUT2D eigenvalue weighted by Crippen LogP contribution is -2.33. The Bertz CT molecular complexity index is 859. The van der Waals surface area contributed by atoms with E-state index in [4.69, 9.17) is 17.0 Å². The lowest BCUT2D eigenvalue weighted by atomic mass is 10.1. The molecular formula is C19H17BrN2O2S2. The smallest absolute Gasteiger partial charge is 0.257 e. The second kappa shape index (κ2) is 7.21. The number of carbonyl (C=O) groups excluding carboxylic acids is 1. The number of para-hydroxylation sites is 1. The van der Waals surface area contributed by atoms with Gasteiger partial charge >= 0.3 is 0 Å². The molecule has 0 radical (unpaired) electrons. The van der Waals surface area contributed by atoms with Crippen molar-refractivity contribution >= 4 is 56.6 Å². The monoisotopic (exact) mass is 448 g/mol. The van der Waals surface area contributed by atoms with Crippen LogP contribution in [-0.4, -0.2) is 34.3 Å². The maximum atomic E-state index is 13.0. The number of hydrogen-bond donors (Lipinski definition) is 0. The predicted molar refractivity (Wildman–Crippen MR) is 113 cm³/mol. The molecule has 26 heavy (non-hydrogen) atoms. The second-order valence-corrected chi connectivity index (χ2v) is 8.41. The molecule has 2 heterocycles. The average molecular weight is 449 g/mol. The summed E-state index contributed by atoms with van der Waals surface area (Å²) in [6, 6.07) is 15.4. The highest BCUT2D eigenvalue weighted by atomic mass is 79.9. The molecule has 2 saturated heterocycles. The third kappa shape index (κ3) is 2.92. The molecule has 0 aliphatic carbocycles. The van der Waals surface area contributed by atoms with Crippen molar-refractivity contribution in [1.82, 2.24) is 4.90 Å². The van der Waals surface area contributed by atoms with Crippen molar-refractivity contribution in [2.45, 2.75) is 18.3 Å². The zero-order chi connectivity index (χ0) is 18.3. The Morgan fingerprint density at radius 1 is 1.23 bits per heavy atom. The highest BCUT2D eigenvalue weighted by Gasteiger charge is 2.51. The van der Waals surface area contributed by atoms with Crippen LogP contribution in [0.4, 0.5) is 5.69 Å². The van der Waals surface area contributed by atoms with Gasteiger partial charge < -0.3 is 9.64 Å². The fourth-order valence-corrected chi connectivity index (χ4v) is 5.54. The number of anilines is 1. The van der Waals surface area contributed by atoms with Gasteiger partial charge in [-0.1, -0.05) is 34.1 Å². The first kappa shape index (κ1) is 17.8. The van der Waals surface area contributed by atoms with Gasteiger partial charge in [0.05, 0.1) is 12.3 Å². The van der Waals surface area contributed by atoms with Crippen molar-refractivity contribution in [3.05, 3.63) is 58.6 Å². The van der Waals surface area contributed by atoms with E-state index in [9.17, 15) is 4.79 Å². The fourth-order valence-electron chi connectivity index (χ4n) is 3.33. The summed E-state index contributed by atoms with van der Waals surface area (Å²) in [7, 11) is 0. The van der Waals surface area contributed by atoms with E-state index in [0.717, 1.165) is 27.2 Å². The van der Waals surface area contributed by atoms with Crippen molar-refractivity contribution in [2.75, 3.05) is 17.3 Å². The largest absolute Gasteiger partial charge is 0.493 e. The normalized spacial score (nSPS) is 22.1. The van der Waals surface area contributed by atoms with Gasteiger partial charge in [-0.2, -0.15) is 0 Å². The molecule has 134 valence electrons. The van der Waals surface area contributed by atoms with Crippen molar-refractivity contribution in [3.8, 4) is 5.75 Å². The number of ether oxygens (including phenoxy) is 1. The first-order valence-electron chi connectivity index (χ1n) is 8.37. The van der Waals surface area contributed by atoms with Crippen LogP contribution >= 0.6 is 39.9 Å². The van der Waals surface area contributed by atoms with Crippen LogP contribution in [0.5, 0.6) is 5.75 Å². The summed E-state index contributed by atoms with van der Waals surface area (Å²) >= 11 is 10.9. The molecule has 7 heteroatoms. The van der Waals surface area contributed by atoms with Crippen molar-refractivity contribution in [3.63, 3.8) is 0 Å². The highest BCUT2D eigenvalue weighted by Crippen LogP contribution is 2.48. The lowest BCUT2D eigenvalue weighted by Gasteiger charge is -2.26. The standard InChI is InChI=1S/C19H17BrN2O2S2/c1-2-24-16-6-4-3-5-14(16)18-22-15(11-26-18)17(23)21(19(22)25)13-9-7-12(20)8-10-13/h3-10,15,18H,2,11H2,1H3/t15-,18+/m1/s1. The number of thioether (sulfide) groups is 1. The van der Waals surface area contributed by atoms with E-state index in [1.54, 1.807) is 16.7 Å². The quantitative estimate of drug-likeness (QED) is 0.638. The molecule has 2 aliphatic rings. The second-order valence-electron chi connectivity index (χ2n) is 6.01. The first-order valence-corrected chi connectivity index (χ1v) is 10.6. The molecule has 0 spiro atoms. The predicted octanol–water partition coefficient (Wildman–Crippen LogP) is 4.60. The zero-order valence-electron chi connectivity index (χ0n) is 14.1. The van der Waals surface area contributed by atoms with E-state index < -0.39 is 0 Å². The molecule has 2 aromatic carbocycles. The number of nitrogens with zero attached hydrogens (tertiary/aromatic N) is 2. The van der Waals surface area contributed by atoms with Crippen molar-refractivity contribution in [2.24, 2.45) is 0 Å². The molecular weight excluding hydrogens is 432 g/mol. The number of thiocarbonyl (C=S) groups is 1. The number of benzene rings is 2. The van der Waals surface area contributed by atoms with Gasteiger partial charge in [-0.15, -0.1) is 11.8 Å². The number of rotatable bonds is 4. The van der Waals surface area contributed by atoms with Gasteiger partial charge in [-0.05, 0) is 49.5 Å².